The van der Waals surface area contributed by atoms with E-state index in [9.17, 15) is 18.8 Å². The van der Waals surface area contributed by atoms with Crippen LogP contribution in [0.5, 0.6) is 0 Å². The summed E-state index contributed by atoms with van der Waals surface area (Å²) >= 11 is 0. The van der Waals surface area contributed by atoms with Gasteiger partial charge in [-0.15, -0.1) is 0 Å². The van der Waals surface area contributed by atoms with E-state index in [1.165, 1.54) is 12.1 Å². The largest absolute Gasteiger partial charge is 0.343 e. The van der Waals surface area contributed by atoms with Crippen molar-refractivity contribution in [2.75, 3.05) is 38.0 Å². The normalized spacial score (nSPS) is 18.5. The number of piperidine rings is 2. The molecule has 3 aliphatic heterocycles. The molecule has 4 aromatic rings. The molecule has 0 spiro atoms. The van der Waals surface area contributed by atoms with Crippen LogP contribution in [0.4, 0.5) is 14.9 Å². The molecule has 0 radical (unpaired) electrons. The molecule has 2 N–H and O–H groups in total. The van der Waals surface area contributed by atoms with Crippen LogP contribution in [0.3, 0.4) is 0 Å². The third kappa shape index (κ3) is 6.87. The number of hydrogen-bond donors (Lipinski definition) is 2. The smallest absolute Gasteiger partial charge is 0.322 e. The summed E-state index contributed by atoms with van der Waals surface area (Å²) in [5, 5.41) is 11.1. The fourth-order valence-corrected chi connectivity index (χ4v) is 7.58. The van der Waals surface area contributed by atoms with E-state index in [2.05, 4.69) is 21.6 Å². The molecule has 0 aliphatic carbocycles. The maximum Gasteiger partial charge on any atom is 0.322 e. The van der Waals surface area contributed by atoms with Crippen molar-refractivity contribution in [2.45, 2.75) is 56.9 Å². The Bertz CT molecular complexity index is 1740. The lowest BCUT2D eigenvalue weighted by molar-refractivity contribution is -0.142. The number of aromatic nitrogens is 2. The van der Waals surface area contributed by atoms with Gasteiger partial charge >= 0.3 is 6.03 Å². The summed E-state index contributed by atoms with van der Waals surface area (Å²) < 4.78 is 13.5. The van der Waals surface area contributed by atoms with E-state index < -0.39 is 5.92 Å². The molecule has 10 heteroatoms. The van der Waals surface area contributed by atoms with E-state index in [4.69, 9.17) is 0 Å². The highest BCUT2D eigenvalue weighted by Crippen LogP contribution is 2.31. The van der Waals surface area contributed by atoms with Crippen LogP contribution in [0.1, 0.15) is 54.7 Å². The van der Waals surface area contributed by atoms with Gasteiger partial charge in [0.05, 0.1) is 17.6 Å². The standard InChI is InChI=1S/C37H41FN6O3/c38-31-8-6-26(7-9-31)27-11-16-43(17-12-27)36(46)29(21-25-5-10-34-30(22-25)24-39-41-34)23-35(45)42-18-14-32(15-19-42)44-20-13-28-3-1-2-4-33(28)40-37(44)47/h1-10,22,24,27,29,32H,11-21,23H2,(H,39,41)(H,40,47). The average Bonchev–Trinajstić information content (AvgIpc) is 3.50. The molecule has 2 fully saturated rings. The van der Waals surface area contributed by atoms with Crippen LogP contribution in [-0.4, -0.2) is 81.5 Å². The van der Waals surface area contributed by atoms with Gasteiger partial charge in [0.2, 0.25) is 11.8 Å². The Morgan fingerprint density at radius 3 is 2.43 bits per heavy atom. The van der Waals surface area contributed by atoms with Crippen molar-refractivity contribution >= 4 is 34.4 Å². The SMILES string of the molecule is O=C(CC(Cc1ccc2[nH]ncc2c1)C(=O)N1CCC(c2ccc(F)cc2)CC1)N1CCC(N2CCc3ccccc3NC2=O)CC1. The van der Waals surface area contributed by atoms with Crippen molar-refractivity contribution in [1.29, 1.82) is 0 Å². The number of aromatic amines is 1. The van der Waals surface area contributed by atoms with Crippen LogP contribution < -0.4 is 5.32 Å². The maximum atomic E-state index is 14.1. The van der Waals surface area contributed by atoms with E-state index in [0.717, 1.165) is 52.5 Å². The zero-order chi connectivity index (χ0) is 32.3. The Kier molecular flexibility index (Phi) is 8.91. The van der Waals surface area contributed by atoms with Gasteiger partial charge in [0.25, 0.3) is 0 Å². The number of urea groups is 1. The highest BCUT2D eigenvalue weighted by atomic mass is 19.1. The number of nitrogens with one attached hydrogen (secondary N) is 2. The van der Waals surface area contributed by atoms with E-state index in [0.29, 0.717) is 52.0 Å². The lowest BCUT2D eigenvalue weighted by Gasteiger charge is -2.38. The molecule has 3 aliphatic rings. The fourth-order valence-electron chi connectivity index (χ4n) is 7.58. The Balaban J connectivity index is 0.997. The summed E-state index contributed by atoms with van der Waals surface area (Å²) in [6, 6.07) is 20.6. The molecule has 244 valence electrons. The number of halogens is 1. The first-order valence-corrected chi connectivity index (χ1v) is 16.8. The van der Waals surface area contributed by atoms with Crippen molar-refractivity contribution in [3.8, 4) is 0 Å². The van der Waals surface area contributed by atoms with E-state index in [1.807, 2.05) is 63.2 Å². The summed E-state index contributed by atoms with van der Waals surface area (Å²) in [5.41, 5.74) is 5.04. The second-order valence-corrected chi connectivity index (χ2v) is 13.2. The topological polar surface area (TPSA) is 102 Å². The average molecular weight is 637 g/mol. The van der Waals surface area contributed by atoms with E-state index in [1.54, 1.807) is 6.20 Å². The minimum Gasteiger partial charge on any atom is -0.343 e. The number of hydrogen-bond acceptors (Lipinski definition) is 4. The van der Waals surface area contributed by atoms with Crippen LogP contribution in [0.25, 0.3) is 10.9 Å². The number of fused-ring (bicyclic) bond motifs is 2. The lowest BCUT2D eigenvalue weighted by atomic mass is 9.87. The number of benzene rings is 3. The summed E-state index contributed by atoms with van der Waals surface area (Å²) in [7, 11) is 0. The van der Waals surface area contributed by atoms with Gasteiger partial charge in [-0.2, -0.15) is 5.10 Å². The highest BCUT2D eigenvalue weighted by molar-refractivity contribution is 5.91. The zero-order valence-electron chi connectivity index (χ0n) is 26.5. The van der Waals surface area contributed by atoms with Gasteiger partial charge in [0.1, 0.15) is 5.82 Å². The predicted octanol–water partition coefficient (Wildman–Crippen LogP) is 5.74. The van der Waals surface area contributed by atoms with Gasteiger partial charge in [0.15, 0.2) is 0 Å². The second kappa shape index (κ2) is 13.6. The van der Waals surface area contributed by atoms with E-state index >= 15 is 0 Å². The molecular formula is C37H41FN6O3. The number of para-hydroxylation sites is 1. The minimum absolute atomic E-state index is 0.0129. The van der Waals surface area contributed by atoms with Gasteiger partial charge in [-0.3, -0.25) is 14.7 Å². The van der Waals surface area contributed by atoms with Crippen molar-refractivity contribution in [3.63, 3.8) is 0 Å². The van der Waals surface area contributed by atoms with Gasteiger partial charge in [-0.25, -0.2) is 9.18 Å². The summed E-state index contributed by atoms with van der Waals surface area (Å²) in [4.78, 5) is 46.7. The molecule has 4 amide bonds. The third-order valence-corrected chi connectivity index (χ3v) is 10.3. The zero-order valence-corrected chi connectivity index (χ0v) is 26.5. The summed E-state index contributed by atoms with van der Waals surface area (Å²) in [6.45, 7) is 2.99. The minimum atomic E-state index is -0.484. The fraction of sp³-hybridized carbons (Fsp3) is 0.405. The van der Waals surface area contributed by atoms with E-state index in [-0.39, 0.29) is 42.0 Å². The molecule has 0 bridgehead atoms. The Morgan fingerprint density at radius 2 is 1.64 bits per heavy atom. The van der Waals surface area contributed by atoms with Crippen molar-refractivity contribution in [1.82, 2.24) is 24.9 Å². The highest BCUT2D eigenvalue weighted by Gasteiger charge is 2.35. The molecule has 1 atom stereocenters. The molecule has 1 aromatic heterocycles. The number of likely N-dealkylation sites (tertiary alicyclic amines) is 2. The number of H-pyrrole nitrogens is 1. The third-order valence-electron chi connectivity index (χ3n) is 10.3. The molecule has 7 rings (SSSR count). The molecule has 0 saturated carbocycles. The van der Waals surface area contributed by atoms with Crippen LogP contribution in [0, 0.1) is 11.7 Å². The summed E-state index contributed by atoms with van der Waals surface area (Å²) in [6.07, 6.45) is 6.21. The number of carbonyl (C=O) groups is 3. The molecule has 9 nitrogen and oxygen atoms in total. The molecule has 47 heavy (non-hydrogen) atoms. The molecular weight excluding hydrogens is 595 g/mol. The molecule has 3 aromatic carbocycles. The van der Waals surface area contributed by atoms with Gasteiger partial charge in [-0.1, -0.05) is 36.4 Å². The quantitative estimate of drug-likeness (QED) is 0.270. The van der Waals surface area contributed by atoms with Gasteiger partial charge < -0.3 is 20.0 Å². The lowest BCUT2D eigenvalue weighted by Crippen LogP contribution is -2.50. The summed E-state index contributed by atoms with van der Waals surface area (Å²) in [5.74, 6) is -0.448. The monoisotopic (exact) mass is 636 g/mol. The molecule has 1 unspecified atom stereocenters. The Morgan fingerprint density at radius 1 is 0.894 bits per heavy atom. The van der Waals surface area contributed by atoms with Crippen molar-refractivity contribution in [3.05, 3.63) is 95.4 Å². The first-order valence-electron chi connectivity index (χ1n) is 16.8. The van der Waals surface area contributed by atoms with Crippen molar-refractivity contribution < 1.29 is 18.8 Å². The second-order valence-electron chi connectivity index (χ2n) is 13.2. The van der Waals surface area contributed by atoms with Crippen LogP contribution in [0.2, 0.25) is 0 Å². The first kappa shape index (κ1) is 30.9. The molecule has 2 saturated heterocycles. The van der Waals surface area contributed by atoms with Crippen LogP contribution in [0.15, 0.2) is 72.9 Å². The first-order chi connectivity index (χ1) is 22.9. The van der Waals surface area contributed by atoms with Crippen LogP contribution >= 0.6 is 0 Å². The van der Waals surface area contributed by atoms with Crippen LogP contribution in [-0.2, 0) is 22.4 Å². The maximum absolute atomic E-state index is 14.1. The Labute approximate surface area is 274 Å². The number of carbonyl (C=O) groups excluding carboxylic acids is 3. The number of nitrogens with zero attached hydrogens (tertiary/aromatic N) is 4. The number of anilines is 1. The number of rotatable bonds is 7. The molecule has 4 heterocycles. The number of amides is 4. The van der Waals surface area contributed by atoms with Gasteiger partial charge in [-0.05, 0) is 91.5 Å². The van der Waals surface area contributed by atoms with Gasteiger partial charge in [0, 0.05) is 56.3 Å². The van der Waals surface area contributed by atoms with Crippen molar-refractivity contribution in [2.24, 2.45) is 5.92 Å². The Hall–Kier alpha value is -4.73. The predicted molar refractivity (Wildman–Crippen MR) is 178 cm³/mol.